The second kappa shape index (κ2) is 4.77. The van der Waals surface area contributed by atoms with Crippen molar-refractivity contribution < 1.29 is 0 Å². The number of anilines is 1. The highest BCUT2D eigenvalue weighted by molar-refractivity contribution is 9.11. The Labute approximate surface area is 101 Å². The van der Waals surface area contributed by atoms with Crippen LogP contribution in [-0.2, 0) is 6.54 Å². The minimum absolute atomic E-state index is 0.841. The van der Waals surface area contributed by atoms with Crippen LogP contribution in [0.5, 0.6) is 0 Å². The summed E-state index contributed by atoms with van der Waals surface area (Å²) in [6.07, 6.45) is 3.70. The number of halogens is 1. The van der Waals surface area contributed by atoms with E-state index in [9.17, 15) is 0 Å². The number of thiophene rings is 1. The maximum Gasteiger partial charge on any atom is 0.0701 e. The second-order valence-electron chi connectivity index (χ2n) is 3.36. The summed E-state index contributed by atoms with van der Waals surface area (Å²) in [5, 5.41) is 5.48. The minimum atomic E-state index is 0.841. The van der Waals surface area contributed by atoms with Gasteiger partial charge >= 0.3 is 0 Å². The molecule has 0 atom stereocenters. The second-order valence-corrected chi connectivity index (χ2v) is 5.65. The van der Waals surface area contributed by atoms with Crippen molar-refractivity contribution in [3.63, 3.8) is 0 Å². The molecule has 2 aromatic rings. The minimum Gasteiger partial charge on any atom is -0.380 e. The molecular weight excluding hydrogens is 272 g/mol. The summed E-state index contributed by atoms with van der Waals surface area (Å²) in [6.45, 7) is 2.88. The molecule has 0 amide bonds. The van der Waals surface area contributed by atoms with Crippen LogP contribution in [0.2, 0.25) is 0 Å². The molecule has 0 radical (unpaired) electrons. The van der Waals surface area contributed by atoms with Crippen LogP contribution in [0.3, 0.4) is 0 Å². The molecule has 0 aliphatic heterocycles. The van der Waals surface area contributed by atoms with E-state index in [2.05, 4.69) is 43.7 Å². The first-order valence-corrected chi connectivity index (χ1v) is 6.30. The average Bonchev–Trinajstić information content (AvgIpc) is 2.62. The van der Waals surface area contributed by atoms with Gasteiger partial charge in [0.2, 0.25) is 0 Å². The average molecular weight is 283 g/mol. The van der Waals surface area contributed by atoms with Gasteiger partial charge in [0.05, 0.1) is 9.47 Å². The number of nitrogens with zero attached hydrogens (tertiary/aromatic N) is 1. The smallest absolute Gasteiger partial charge is 0.0701 e. The van der Waals surface area contributed by atoms with Gasteiger partial charge in [-0.1, -0.05) is 0 Å². The van der Waals surface area contributed by atoms with Crippen LogP contribution in [0.4, 0.5) is 5.69 Å². The Balaban J connectivity index is 1.99. The highest BCUT2D eigenvalue weighted by Gasteiger charge is 1.97. The van der Waals surface area contributed by atoms with Gasteiger partial charge in [0.25, 0.3) is 0 Å². The van der Waals surface area contributed by atoms with Crippen molar-refractivity contribution in [3.05, 3.63) is 44.8 Å². The first kappa shape index (κ1) is 10.6. The number of hydrogen-bond acceptors (Lipinski definition) is 3. The third-order valence-electron chi connectivity index (χ3n) is 1.99. The molecule has 2 aromatic heterocycles. The van der Waals surface area contributed by atoms with Crippen LogP contribution in [0.25, 0.3) is 0 Å². The van der Waals surface area contributed by atoms with Gasteiger partial charge in [-0.05, 0) is 51.5 Å². The van der Waals surface area contributed by atoms with E-state index in [4.69, 9.17) is 0 Å². The number of aromatic nitrogens is 1. The third-order valence-corrected chi connectivity index (χ3v) is 3.55. The van der Waals surface area contributed by atoms with E-state index in [1.165, 1.54) is 14.9 Å². The molecule has 78 valence electrons. The Kier molecular flexibility index (Phi) is 3.38. The SMILES string of the molecule is Cc1cncc(NCc2csc(Br)c2)c1. The van der Waals surface area contributed by atoms with Crippen LogP contribution in [-0.4, -0.2) is 4.98 Å². The summed E-state index contributed by atoms with van der Waals surface area (Å²) in [7, 11) is 0. The van der Waals surface area contributed by atoms with Crippen molar-refractivity contribution in [1.29, 1.82) is 0 Å². The van der Waals surface area contributed by atoms with Crippen molar-refractivity contribution in [2.24, 2.45) is 0 Å². The zero-order chi connectivity index (χ0) is 10.7. The Morgan fingerprint density at radius 1 is 1.40 bits per heavy atom. The lowest BCUT2D eigenvalue weighted by Crippen LogP contribution is -1.98. The van der Waals surface area contributed by atoms with Gasteiger partial charge in [-0.2, -0.15) is 0 Å². The molecule has 0 saturated heterocycles. The lowest BCUT2D eigenvalue weighted by atomic mass is 10.3. The Morgan fingerprint density at radius 3 is 2.93 bits per heavy atom. The van der Waals surface area contributed by atoms with Crippen LogP contribution >= 0.6 is 27.3 Å². The van der Waals surface area contributed by atoms with E-state index in [0.29, 0.717) is 0 Å². The molecule has 0 aliphatic carbocycles. The fourth-order valence-corrected chi connectivity index (χ4v) is 2.50. The predicted octanol–water partition coefficient (Wildman–Crippen LogP) is 3.83. The van der Waals surface area contributed by atoms with Gasteiger partial charge in [0.1, 0.15) is 0 Å². The summed E-state index contributed by atoms with van der Waals surface area (Å²) in [5.41, 5.74) is 3.53. The summed E-state index contributed by atoms with van der Waals surface area (Å²) in [6, 6.07) is 4.22. The molecule has 0 aromatic carbocycles. The van der Waals surface area contributed by atoms with Crippen LogP contribution in [0.1, 0.15) is 11.1 Å². The number of pyridine rings is 1. The lowest BCUT2D eigenvalue weighted by molar-refractivity contribution is 1.14. The van der Waals surface area contributed by atoms with Gasteiger partial charge < -0.3 is 5.32 Å². The molecule has 0 fully saturated rings. The van der Waals surface area contributed by atoms with Crippen molar-refractivity contribution in [3.8, 4) is 0 Å². The Morgan fingerprint density at radius 2 is 2.27 bits per heavy atom. The monoisotopic (exact) mass is 282 g/mol. The molecule has 2 nitrogen and oxygen atoms in total. The van der Waals surface area contributed by atoms with Gasteiger partial charge in [0, 0.05) is 18.9 Å². The van der Waals surface area contributed by atoms with Crippen molar-refractivity contribution >= 4 is 33.0 Å². The largest absolute Gasteiger partial charge is 0.380 e. The molecular formula is C11H11BrN2S. The number of rotatable bonds is 3. The molecule has 0 unspecified atom stereocenters. The first-order valence-electron chi connectivity index (χ1n) is 4.62. The number of hydrogen-bond donors (Lipinski definition) is 1. The Hall–Kier alpha value is -0.870. The van der Waals surface area contributed by atoms with E-state index in [0.717, 1.165) is 12.2 Å². The molecule has 0 spiro atoms. The number of nitrogens with one attached hydrogen (secondary N) is 1. The molecule has 4 heteroatoms. The maximum absolute atomic E-state index is 4.13. The Bertz CT molecular complexity index is 453. The summed E-state index contributed by atoms with van der Waals surface area (Å²) in [4.78, 5) is 4.13. The fourth-order valence-electron chi connectivity index (χ4n) is 1.29. The van der Waals surface area contributed by atoms with Crippen molar-refractivity contribution in [1.82, 2.24) is 4.98 Å². The highest BCUT2D eigenvalue weighted by Crippen LogP contribution is 2.21. The van der Waals surface area contributed by atoms with Gasteiger partial charge in [-0.25, -0.2) is 0 Å². The van der Waals surface area contributed by atoms with E-state index in [1.807, 2.05) is 19.3 Å². The molecule has 0 aliphatic rings. The third kappa shape index (κ3) is 3.04. The van der Waals surface area contributed by atoms with Crippen LogP contribution in [0, 0.1) is 6.92 Å². The van der Waals surface area contributed by atoms with Crippen molar-refractivity contribution in [2.75, 3.05) is 5.32 Å². The fraction of sp³-hybridized carbons (Fsp3) is 0.182. The standard InChI is InChI=1S/C11H11BrN2S/c1-8-2-10(6-13-4-8)14-5-9-3-11(12)15-7-9/h2-4,6-7,14H,5H2,1H3. The number of aryl methyl sites for hydroxylation is 1. The molecule has 0 saturated carbocycles. The van der Waals surface area contributed by atoms with Gasteiger partial charge in [-0.15, -0.1) is 11.3 Å². The van der Waals surface area contributed by atoms with Gasteiger partial charge in [-0.3, -0.25) is 4.98 Å². The molecule has 2 heterocycles. The lowest BCUT2D eigenvalue weighted by Gasteiger charge is -2.04. The highest BCUT2D eigenvalue weighted by atomic mass is 79.9. The van der Waals surface area contributed by atoms with Crippen molar-refractivity contribution in [2.45, 2.75) is 13.5 Å². The van der Waals surface area contributed by atoms with E-state index >= 15 is 0 Å². The first-order chi connectivity index (χ1) is 7.24. The summed E-state index contributed by atoms with van der Waals surface area (Å²) >= 11 is 5.15. The molecule has 2 rings (SSSR count). The molecule has 15 heavy (non-hydrogen) atoms. The van der Waals surface area contributed by atoms with E-state index < -0.39 is 0 Å². The predicted molar refractivity (Wildman–Crippen MR) is 68.3 cm³/mol. The van der Waals surface area contributed by atoms with Crippen LogP contribution in [0.15, 0.2) is 33.7 Å². The van der Waals surface area contributed by atoms with E-state index in [1.54, 1.807) is 11.3 Å². The normalized spacial score (nSPS) is 10.3. The zero-order valence-corrected chi connectivity index (χ0v) is 10.7. The zero-order valence-electron chi connectivity index (χ0n) is 8.33. The van der Waals surface area contributed by atoms with Crippen LogP contribution < -0.4 is 5.32 Å². The molecule has 0 bridgehead atoms. The molecule has 1 N–H and O–H groups in total. The summed E-state index contributed by atoms with van der Waals surface area (Å²) < 4.78 is 1.17. The summed E-state index contributed by atoms with van der Waals surface area (Å²) in [5.74, 6) is 0. The topological polar surface area (TPSA) is 24.9 Å². The van der Waals surface area contributed by atoms with Gasteiger partial charge in [0.15, 0.2) is 0 Å². The maximum atomic E-state index is 4.13. The van der Waals surface area contributed by atoms with E-state index in [-0.39, 0.29) is 0 Å². The quantitative estimate of drug-likeness (QED) is 0.926.